The van der Waals surface area contributed by atoms with E-state index in [0.29, 0.717) is 22.0 Å². The first-order valence-electron chi connectivity index (χ1n) is 10.2. The molecule has 0 spiro atoms. The number of aryl methyl sites for hydroxylation is 1. The summed E-state index contributed by atoms with van der Waals surface area (Å²) in [6.07, 6.45) is 5.49. The first kappa shape index (κ1) is 20.0. The van der Waals surface area contributed by atoms with Crippen LogP contribution in [0.5, 0.6) is 0 Å². The van der Waals surface area contributed by atoms with Crippen LogP contribution in [-0.2, 0) is 0 Å². The third-order valence-corrected chi connectivity index (χ3v) is 6.27. The minimum atomic E-state index is 0.310. The molecular weight excluding hydrogens is 433 g/mol. The fourth-order valence-electron chi connectivity index (χ4n) is 3.91. The van der Waals surface area contributed by atoms with E-state index in [1.165, 1.54) is 0 Å². The number of hydrogen-bond donors (Lipinski definition) is 1. The molecule has 0 aliphatic carbocycles. The number of nitrogens with one attached hydrogen (secondary N) is 1. The van der Waals surface area contributed by atoms with Crippen molar-refractivity contribution >= 4 is 40.6 Å². The maximum absolute atomic E-state index is 6.21. The highest BCUT2D eigenvalue weighted by Gasteiger charge is 2.22. The average molecular weight is 454 g/mol. The first-order chi connectivity index (χ1) is 15.1. The Hall–Kier alpha value is -2.90. The molecule has 0 saturated carbocycles. The fraction of sp³-hybridized carbons (Fsp3) is 0.273. The van der Waals surface area contributed by atoms with Gasteiger partial charge in [0.15, 0.2) is 5.65 Å². The van der Waals surface area contributed by atoms with Crippen LogP contribution in [0.15, 0.2) is 48.9 Å². The zero-order valence-corrected chi connectivity index (χ0v) is 18.5. The van der Waals surface area contributed by atoms with Gasteiger partial charge in [0.1, 0.15) is 12.1 Å². The zero-order chi connectivity index (χ0) is 21.4. The number of rotatable bonds is 4. The molecule has 1 aliphatic heterocycles. The van der Waals surface area contributed by atoms with Crippen molar-refractivity contribution < 1.29 is 0 Å². The summed E-state index contributed by atoms with van der Waals surface area (Å²) in [5, 5.41) is 9.18. The predicted molar refractivity (Wildman–Crippen MR) is 124 cm³/mol. The molecule has 158 valence electrons. The van der Waals surface area contributed by atoms with Crippen LogP contribution in [0.4, 0.5) is 11.8 Å². The third kappa shape index (κ3) is 4.16. The van der Waals surface area contributed by atoms with Crippen LogP contribution in [-0.4, -0.2) is 43.7 Å². The molecule has 1 aromatic carbocycles. The smallest absolute Gasteiger partial charge is 0.243 e. The molecule has 4 aromatic rings. The molecule has 1 N–H and O–H groups in total. The number of fused-ring (bicyclic) bond motifs is 1. The lowest BCUT2D eigenvalue weighted by atomic mass is 10.1. The van der Waals surface area contributed by atoms with Crippen molar-refractivity contribution in [2.45, 2.75) is 25.8 Å². The molecule has 0 bridgehead atoms. The maximum Gasteiger partial charge on any atom is 0.243 e. The summed E-state index contributed by atoms with van der Waals surface area (Å²) in [6, 6.07) is 11.9. The van der Waals surface area contributed by atoms with Gasteiger partial charge in [0.05, 0.1) is 10.0 Å². The number of piperidine rings is 1. The van der Waals surface area contributed by atoms with Gasteiger partial charge in [-0.3, -0.25) is 0 Å². The summed E-state index contributed by atoms with van der Waals surface area (Å²) in [5.41, 5.74) is 3.66. The van der Waals surface area contributed by atoms with Crippen molar-refractivity contribution in [3.05, 3.63) is 64.7 Å². The SMILES string of the molecule is Cc1cc(N2CCC(Nc3nc4c(-c5ccc(Cl)c(Cl)c5)cccn4n3)CC2)ncn1. The van der Waals surface area contributed by atoms with Crippen LogP contribution in [0, 0.1) is 6.92 Å². The quantitative estimate of drug-likeness (QED) is 0.474. The van der Waals surface area contributed by atoms with Crippen molar-refractivity contribution in [3.63, 3.8) is 0 Å². The normalized spacial score (nSPS) is 14.9. The highest BCUT2D eigenvalue weighted by molar-refractivity contribution is 6.42. The van der Waals surface area contributed by atoms with Crippen molar-refractivity contribution in [1.29, 1.82) is 0 Å². The molecule has 0 amide bonds. The monoisotopic (exact) mass is 453 g/mol. The number of nitrogens with zero attached hydrogens (tertiary/aromatic N) is 6. The number of benzene rings is 1. The van der Waals surface area contributed by atoms with E-state index < -0.39 is 0 Å². The number of pyridine rings is 1. The lowest BCUT2D eigenvalue weighted by Crippen LogP contribution is -2.39. The third-order valence-electron chi connectivity index (χ3n) is 5.53. The second-order valence-corrected chi connectivity index (χ2v) is 8.49. The van der Waals surface area contributed by atoms with Gasteiger partial charge in [-0.25, -0.2) is 14.5 Å². The number of aromatic nitrogens is 5. The van der Waals surface area contributed by atoms with Crippen molar-refractivity contribution in [2.75, 3.05) is 23.3 Å². The molecule has 4 heterocycles. The van der Waals surface area contributed by atoms with Crippen molar-refractivity contribution in [1.82, 2.24) is 24.6 Å². The largest absolute Gasteiger partial charge is 0.356 e. The zero-order valence-electron chi connectivity index (χ0n) is 17.0. The molecule has 5 rings (SSSR count). The van der Waals surface area contributed by atoms with Crippen LogP contribution in [0.3, 0.4) is 0 Å². The lowest BCUT2D eigenvalue weighted by molar-refractivity contribution is 0.520. The topological polar surface area (TPSA) is 71.2 Å². The van der Waals surface area contributed by atoms with E-state index in [0.717, 1.165) is 54.2 Å². The average Bonchev–Trinajstić information content (AvgIpc) is 3.19. The van der Waals surface area contributed by atoms with Gasteiger partial charge in [0.2, 0.25) is 5.95 Å². The van der Waals surface area contributed by atoms with Gasteiger partial charge in [0.25, 0.3) is 0 Å². The molecule has 1 saturated heterocycles. The predicted octanol–water partition coefficient (Wildman–Crippen LogP) is 4.88. The molecule has 1 aliphatic rings. The summed E-state index contributed by atoms with van der Waals surface area (Å²) >= 11 is 12.3. The number of hydrogen-bond acceptors (Lipinski definition) is 6. The first-order valence-corrected chi connectivity index (χ1v) is 10.9. The summed E-state index contributed by atoms with van der Waals surface area (Å²) in [6.45, 7) is 3.84. The van der Waals surface area contributed by atoms with E-state index in [-0.39, 0.29) is 0 Å². The van der Waals surface area contributed by atoms with Gasteiger partial charge >= 0.3 is 0 Å². The van der Waals surface area contributed by atoms with Crippen molar-refractivity contribution in [2.24, 2.45) is 0 Å². The summed E-state index contributed by atoms with van der Waals surface area (Å²) in [7, 11) is 0. The minimum Gasteiger partial charge on any atom is -0.356 e. The Kier molecular flexibility index (Phi) is 5.38. The highest BCUT2D eigenvalue weighted by Crippen LogP contribution is 2.31. The van der Waals surface area contributed by atoms with Gasteiger partial charge in [-0.05, 0) is 49.6 Å². The Morgan fingerprint density at radius 3 is 2.65 bits per heavy atom. The van der Waals surface area contributed by atoms with E-state index in [4.69, 9.17) is 28.2 Å². The van der Waals surface area contributed by atoms with E-state index in [2.05, 4.69) is 25.3 Å². The summed E-state index contributed by atoms with van der Waals surface area (Å²) < 4.78 is 1.79. The Morgan fingerprint density at radius 1 is 1.03 bits per heavy atom. The van der Waals surface area contributed by atoms with Gasteiger partial charge in [-0.1, -0.05) is 29.3 Å². The van der Waals surface area contributed by atoms with Gasteiger partial charge in [-0.15, -0.1) is 5.10 Å². The molecular formula is C22H21Cl2N7. The Balaban J connectivity index is 1.32. The number of halogens is 2. The van der Waals surface area contributed by atoms with Crippen LogP contribution in [0.2, 0.25) is 10.0 Å². The lowest BCUT2D eigenvalue weighted by Gasteiger charge is -2.32. The summed E-state index contributed by atoms with van der Waals surface area (Å²) in [4.78, 5) is 15.6. The maximum atomic E-state index is 6.21. The van der Waals surface area contributed by atoms with Crippen LogP contribution < -0.4 is 10.2 Å². The Labute approximate surface area is 190 Å². The van der Waals surface area contributed by atoms with Crippen LogP contribution >= 0.6 is 23.2 Å². The van der Waals surface area contributed by atoms with Gasteiger partial charge in [-0.2, -0.15) is 4.98 Å². The van der Waals surface area contributed by atoms with E-state index in [9.17, 15) is 0 Å². The second-order valence-electron chi connectivity index (χ2n) is 7.68. The molecule has 3 aromatic heterocycles. The Morgan fingerprint density at radius 2 is 1.87 bits per heavy atom. The molecule has 9 heteroatoms. The molecule has 1 fully saturated rings. The molecule has 0 unspecified atom stereocenters. The second kappa shape index (κ2) is 8.32. The molecule has 0 radical (unpaired) electrons. The molecule has 7 nitrogen and oxygen atoms in total. The van der Waals surface area contributed by atoms with Gasteiger partial charge < -0.3 is 10.2 Å². The van der Waals surface area contributed by atoms with E-state index in [1.54, 1.807) is 16.9 Å². The van der Waals surface area contributed by atoms with Crippen LogP contribution in [0.1, 0.15) is 18.5 Å². The minimum absolute atomic E-state index is 0.310. The fourth-order valence-corrected chi connectivity index (χ4v) is 4.20. The standard InChI is InChI=1S/C22H21Cl2N7/c1-14-11-20(26-13-25-14)30-9-6-16(7-10-30)27-22-28-21-17(3-2-8-31(21)29-22)15-4-5-18(23)19(24)12-15/h2-5,8,11-13,16H,6-7,9-10H2,1H3,(H,27,29). The summed E-state index contributed by atoms with van der Waals surface area (Å²) in [5.74, 6) is 1.62. The van der Waals surface area contributed by atoms with Crippen LogP contribution in [0.25, 0.3) is 16.8 Å². The Bertz CT molecular complexity index is 1230. The molecule has 31 heavy (non-hydrogen) atoms. The highest BCUT2D eigenvalue weighted by atomic mass is 35.5. The van der Waals surface area contributed by atoms with E-state index >= 15 is 0 Å². The van der Waals surface area contributed by atoms with Gasteiger partial charge in [0, 0.05) is 42.7 Å². The van der Waals surface area contributed by atoms with E-state index in [1.807, 2.05) is 43.5 Å². The van der Waals surface area contributed by atoms with Crippen molar-refractivity contribution in [3.8, 4) is 11.1 Å². The number of anilines is 2. The molecule has 0 atom stereocenters.